The van der Waals surface area contributed by atoms with Crippen LogP contribution in [0.1, 0.15) is 33.1 Å². The highest BCUT2D eigenvalue weighted by molar-refractivity contribution is 6.42. The second-order valence-electron chi connectivity index (χ2n) is 6.32. The molecule has 1 aliphatic rings. The molecule has 0 aliphatic carbocycles. The van der Waals surface area contributed by atoms with Crippen molar-refractivity contribution in [1.29, 1.82) is 0 Å². The summed E-state index contributed by atoms with van der Waals surface area (Å²) in [6.45, 7) is 10.3. The van der Waals surface area contributed by atoms with Crippen molar-refractivity contribution >= 4 is 28.9 Å². The lowest BCUT2D eigenvalue weighted by Crippen LogP contribution is -2.46. The van der Waals surface area contributed by atoms with E-state index < -0.39 is 0 Å². The quantitative estimate of drug-likeness (QED) is 0.682. The minimum atomic E-state index is 0.629. The highest BCUT2D eigenvalue weighted by Gasteiger charge is 2.17. The Kier molecular flexibility index (Phi) is 6.66. The van der Waals surface area contributed by atoms with E-state index in [4.69, 9.17) is 23.2 Å². The molecule has 0 N–H and O–H groups in total. The number of hydrogen-bond acceptors (Lipinski definition) is 2. The van der Waals surface area contributed by atoms with E-state index in [1.54, 1.807) is 0 Å². The average molecular weight is 329 g/mol. The summed E-state index contributed by atoms with van der Waals surface area (Å²) >= 11 is 12.1. The molecule has 0 aromatic heterocycles. The second-order valence-corrected chi connectivity index (χ2v) is 7.13. The van der Waals surface area contributed by atoms with Crippen molar-refractivity contribution in [1.82, 2.24) is 4.90 Å². The molecule has 2 nitrogen and oxygen atoms in total. The number of halogens is 2. The summed E-state index contributed by atoms with van der Waals surface area (Å²) < 4.78 is 0. The first-order valence-corrected chi connectivity index (χ1v) is 8.74. The molecule has 2 rings (SSSR count). The number of nitrogens with zero attached hydrogens (tertiary/aromatic N) is 2. The highest BCUT2D eigenvalue weighted by atomic mass is 35.5. The molecule has 0 atom stereocenters. The largest absolute Gasteiger partial charge is 0.369 e. The molecule has 21 heavy (non-hydrogen) atoms. The van der Waals surface area contributed by atoms with Gasteiger partial charge < -0.3 is 4.90 Å². The van der Waals surface area contributed by atoms with Crippen LogP contribution in [-0.4, -0.2) is 37.6 Å². The molecule has 0 amide bonds. The third kappa shape index (κ3) is 5.36. The number of piperazine rings is 1. The maximum atomic E-state index is 6.10. The lowest BCUT2D eigenvalue weighted by atomic mass is 10.1. The molecular formula is C17H26Cl2N2. The van der Waals surface area contributed by atoms with Crippen molar-refractivity contribution in [3.63, 3.8) is 0 Å². The van der Waals surface area contributed by atoms with Gasteiger partial charge >= 0.3 is 0 Å². The lowest BCUT2D eigenvalue weighted by Gasteiger charge is -2.36. The molecule has 4 heteroatoms. The van der Waals surface area contributed by atoms with E-state index in [-0.39, 0.29) is 0 Å². The van der Waals surface area contributed by atoms with E-state index in [1.807, 2.05) is 12.1 Å². The Labute approximate surface area is 139 Å². The number of rotatable bonds is 6. The van der Waals surface area contributed by atoms with Gasteiger partial charge in [0, 0.05) is 31.9 Å². The van der Waals surface area contributed by atoms with Gasteiger partial charge in [0.2, 0.25) is 0 Å². The molecule has 1 aromatic carbocycles. The Morgan fingerprint density at radius 1 is 1.00 bits per heavy atom. The minimum Gasteiger partial charge on any atom is -0.369 e. The zero-order chi connectivity index (χ0) is 15.2. The van der Waals surface area contributed by atoms with Gasteiger partial charge in [-0.05, 0) is 37.1 Å². The zero-order valence-corrected chi connectivity index (χ0v) is 14.6. The van der Waals surface area contributed by atoms with Gasteiger partial charge in [-0.15, -0.1) is 0 Å². The summed E-state index contributed by atoms with van der Waals surface area (Å²) in [6, 6.07) is 5.92. The van der Waals surface area contributed by atoms with Crippen LogP contribution in [0.25, 0.3) is 0 Å². The predicted molar refractivity (Wildman–Crippen MR) is 93.8 cm³/mol. The van der Waals surface area contributed by atoms with E-state index in [2.05, 4.69) is 29.7 Å². The number of benzene rings is 1. The summed E-state index contributed by atoms with van der Waals surface area (Å²) in [7, 11) is 0. The van der Waals surface area contributed by atoms with E-state index >= 15 is 0 Å². The highest BCUT2D eigenvalue weighted by Crippen LogP contribution is 2.27. The summed E-state index contributed by atoms with van der Waals surface area (Å²) in [6.07, 6.45) is 4.03. The van der Waals surface area contributed by atoms with Crippen LogP contribution in [0.5, 0.6) is 0 Å². The Hall–Kier alpha value is -0.440. The molecule has 0 unspecified atom stereocenters. The average Bonchev–Trinajstić information content (AvgIpc) is 2.47. The number of anilines is 1. The summed E-state index contributed by atoms with van der Waals surface area (Å²) in [4.78, 5) is 4.97. The van der Waals surface area contributed by atoms with E-state index in [0.717, 1.165) is 32.1 Å². The predicted octanol–water partition coefficient (Wildman–Crippen LogP) is 4.94. The monoisotopic (exact) mass is 328 g/mol. The molecule has 118 valence electrons. The first-order valence-electron chi connectivity index (χ1n) is 7.98. The van der Waals surface area contributed by atoms with Gasteiger partial charge in [-0.2, -0.15) is 0 Å². The van der Waals surface area contributed by atoms with Gasteiger partial charge in [-0.1, -0.05) is 49.9 Å². The fourth-order valence-electron chi connectivity index (χ4n) is 2.80. The SMILES string of the molecule is CC(C)CCCCN1CCN(c2ccc(Cl)c(Cl)c2)CC1. The van der Waals surface area contributed by atoms with Crippen molar-refractivity contribution in [2.45, 2.75) is 33.1 Å². The molecule has 1 aliphatic heterocycles. The van der Waals surface area contributed by atoms with Crippen LogP contribution in [0.3, 0.4) is 0 Å². The third-order valence-electron chi connectivity index (χ3n) is 4.15. The zero-order valence-electron chi connectivity index (χ0n) is 13.1. The first kappa shape index (κ1) is 16.9. The number of hydrogen-bond donors (Lipinski definition) is 0. The van der Waals surface area contributed by atoms with Crippen molar-refractivity contribution < 1.29 is 0 Å². The van der Waals surface area contributed by atoms with Crippen LogP contribution in [-0.2, 0) is 0 Å². The number of unbranched alkanes of at least 4 members (excludes halogenated alkanes) is 1. The fourth-order valence-corrected chi connectivity index (χ4v) is 3.09. The summed E-state index contributed by atoms with van der Waals surface area (Å²) in [5, 5.41) is 1.27. The Balaban J connectivity index is 1.74. The van der Waals surface area contributed by atoms with Crippen LogP contribution in [0.2, 0.25) is 10.0 Å². The van der Waals surface area contributed by atoms with Gasteiger partial charge in [-0.3, -0.25) is 4.90 Å². The van der Waals surface area contributed by atoms with Crippen LogP contribution >= 0.6 is 23.2 Å². The smallest absolute Gasteiger partial charge is 0.0612 e. The van der Waals surface area contributed by atoms with E-state index in [1.165, 1.54) is 31.5 Å². The second kappa shape index (κ2) is 8.26. The Morgan fingerprint density at radius 3 is 2.33 bits per heavy atom. The van der Waals surface area contributed by atoms with E-state index in [9.17, 15) is 0 Å². The van der Waals surface area contributed by atoms with Crippen molar-refractivity contribution in [2.75, 3.05) is 37.6 Å². The first-order chi connectivity index (χ1) is 10.1. The van der Waals surface area contributed by atoms with Gasteiger partial charge in [0.05, 0.1) is 10.0 Å². The van der Waals surface area contributed by atoms with Crippen molar-refractivity contribution in [3.05, 3.63) is 28.2 Å². The molecule has 1 saturated heterocycles. The molecule has 0 radical (unpaired) electrons. The Bertz CT molecular complexity index is 440. The van der Waals surface area contributed by atoms with Crippen LogP contribution in [0.4, 0.5) is 5.69 Å². The molecule has 0 bridgehead atoms. The third-order valence-corrected chi connectivity index (χ3v) is 4.89. The van der Waals surface area contributed by atoms with Gasteiger partial charge in [0.1, 0.15) is 0 Å². The van der Waals surface area contributed by atoms with Crippen molar-refractivity contribution in [3.8, 4) is 0 Å². The summed E-state index contributed by atoms with van der Waals surface area (Å²) in [5.41, 5.74) is 1.18. The van der Waals surface area contributed by atoms with E-state index in [0.29, 0.717) is 10.0 Å². The fraction of sp³-hybridized carbons (Fsp3) is 0.647. The molecular weight excluding hydrogens is 303 g/mol. The van der Waals surface area contributed by atoms with Crippen molar-refractivity contribution in [2.24, 2.45) is 5.92 Å². The standard InChI is InChI=1S/C17H26Cl2N2/c1-14(2)5-3-4-8-20-9-11-21(12-10-20)15-6-7-16(18)17(19)13-15/h6-7,13-14H,3-5,8-12H2,1-2H3. The summed E-state index contributed by atoms with van der Waals surface area (Å²) in [5.74, 6) is 0.830. The van der Waals surface area contributed by atoms with Crippen LogP contribution in [0, 0.1) is 5.92 Å². The normalized spacial score (nSPS) is 16.7. The van der Waals surface area contributed by atoms with Gasteiger partial charge in [0.25, 0.3) is 0 Å². The van der Waals surface area contributed by atoms with Crippen LogP contribution in [0.15, 0.2) is 18.2 Å². The molecule has 0 saturated carbocycles. The van der Waals surface area contributed by atoms with Gasteiger partial charge in [-0.25, -0.2) is 0 Å². The Morgan fingerprint density at radius 2 is 1.71 bits per heavy atom. The molecule has 1 fully saturated rings. The molecule has 1 aromatic rings. The molecule has 0 spiro atoms. The minimum absolute atomic E-state index is 0.629. The maximum absolute atomic E-state index is 6.10. The van der Waals surface area contributed by atoms with Crippen LogP contribution < -0.4 is 4.90 Å². The molecule has 1 heterocycles. The topological polar surface area (TPSA) is 6.48 Å². The maximum Gasteiger partial charge on any atom is 0.0612 e. The van der Waals surface area contributed by atoms with Gasteiger partial charge in [0.15, 0.2) is 0 Å². The lowest BCUT2D eigenvalue weighted by molar-refractivity contribution is 0.250.